The average molecular weight is 216 g/mol. The number of benzene rings is 1. The van der Waals surface area contributed by atoms with Gasteiger partial charge in [-0.05, 0) is 4.92 Å². The molecule has 2 rings (SSSR count). The lowest BCUT2D eigenvalue weighted by Gasteiger charge is -1.99. The van der Waals surface area contributed by atoms with E-state index in [1.54, 1.807) is 24.3 Å². The van der Waals surface area contributed by atoms with E-state index in [-0.39, 0.29) is 11.2 Å². The van der Waals surface area contributed by atoms with Crippen LogP contribution in [-0.2, 0) is 0 Å². The minimum Gasteiger partial charge on any atom is -0.358 e. The highest BCUT2D eigenvalue weighted by Gasteiger charge is 2.09. The first-order valence-corrected chi connectivity index (χ1v) is 4.61. The first-order chi connectivity index (χ1) is 7.66. The monoisotopic (exact) mass is 216 g/mol. The van der Waals surface area contributed by atoms with Crippen molar-refractivity contribution in [2.45, 2.75) is 0 Å². The zero-order valence-corrected chi connectivity index (χ0v) is 8.21. The normalized spacial score (nSPS) is 10.0. The van der Waals surface area contributed by atoms with Crippen molar-refractivity contribution in [1.82, 2.24) is 4.98 Å². The van der Waals surface area contributed by atoms with Crippen LogP contribution in [0.4, 0.5) is 5.82 Å². The molecule has 0 saturated carbocycles. The predicted molar refractivity (Wildman–Crippen MR) is 59.2 cm³/mol. The molecule has 0 aliphatic heterocycles. The molecule has 1 N–H and O–H groups in total. The Morgan fingerprint density at radius 1 is 1.12 bits per heavy atom. The third kappa shape index (κ3) is 1.98. The second kappa shape index (κ2) is 3.98. The van der Waals surface area contributed by atoms with E-state index >= 15 is 0 Å². The highest BCUT2D eigenvalue weighted by atomic mass is 16.6. The Hall–Kier alpha value is -2.43. The molecule has 0 amide bonds. The van der Waals surface area contributed by atoms with Gasteiger partial charge in [-0.15, -0.1) is 0 Å². The smallest absolute Gasteiger partial charge is 0.325 e. The Morgan fingerprint density at radius 3 is 2.44 bits per heavy atom. The Morgan fingerprint density at radius 2 is 1.81 bits per heavy atom. The lowest BCUT2D eigenvalue weighted by Crippen LogP contribution is -2.04. The van der Waals surface area contributed by atoms with E-state index in [9.17, 15) is 14.9 Å². The van der Waals surface area contributed by atoms with Crippen molar-refractivity contribution in [2.24, 2.45) is 0 Å². The van der Waals surface area contributed by atoms with Crippen LogP contribution >= 0.6 is 0 Å². The van der Waals surface area contributed by atoms with Gasteiger partial charge in [0.25, 0.3) is 0 Å². The number of aromatic amines is 1. The standard InChI is InChI=1S/C11H8N2O3/c14-9-6-10(8-4-2-1-3-5-8)12-11(7-9)13(15)16/h1-7H,(H,12,14). The van der Waals surface area contributed by atoms with Crippen LogP contribution in [0.1, 0.15) is 0 Å². The molecule has 2 aromatic rings. The van der Waals surface area contributed by atoms with Crippen LogP contribution in [0.3, 0.4) is 0 Å². The molecular weight excluding hydrogens is 208 g/mol. The minimum absolute atomic E-state index is 0.300. The lowest BCUT2D eigenvalue weighted by atomic mass is 10.1. The number of nitro groups is 1. The van der Waals surface area contributed by atoms with Crippen LogP contribution in [0.15, 0.2) is 47.3 Å². The van der Waals surface area contributed by atoms with Crippen LogP contribution < -0.4 is 5.43 Å². The number of hydrogen-bond acceptors (Lipinski definition) is 3. The van der Waals surface area contributed by atoms with E-state index in [0.717, 1.165) is 11.6 Å². The summed E-state index contributed by atoms with van der Waals surface area (Å²) in [6, 6.07) is 11.3. The first-order valence-electron chi connectivity index (χ1n) is 4.61. The molecule has 16 heavy (non-hydrogen) atoms. The summed E-state index contributed by atoms with van der Waals surface area (Å²) in [5, 5.41) is 10.6. The quantitative estimate of drug-likeness (QED) is 0.615. The Bertz CT molecular complexity index is 575. The first kappa shape index (κ1) is 10.1. The number of hydrogen-bond donors (Lipinski definition) is 1. The molecule has 0 radical (unpaired) electrons. The van der Waals surface area contributed by atoms with Crippen LogP contribution in [0, 0.1) is 10.1 Å². The predicted octanol–water partition coefficient (Wildman–Crippen LogP) is 1.95. The summed E-state index contributed by atoms with van der Waals surface area (Å²) >= 11 is 0. The fourth-order valence-corrected chi connectivity index (χ4v) is 1.40. The maximum absolute atomic E-state index is 11.3. The second-order valence-electron chi connectivity index (χ2n) is 3.24. The highest BCUT2D eigenvalue weighted by Crippen LogP contribution is 2.16. The molecule has 0 unspecified atom stereocenters. The van der Waals surface area contributed by atoms with Crippen LogP contribution in [0.2, 0.25) is 0 Å². The van der Waals surface area contributed by atoms with Crippen LogP contribution in [0.25, 0.3) is 11.3 Å². The van der Waals surface area contributed by atoms with Crippen molar-refractivity contribution < 1.29 is 4.92 Å². The van der Waals surface area contributed by atoms with Crippen LogP contribution in [-0.4, -0.2) is 9.91 Å². The summed E-state index contributed by atoms with van der Waals surface area (Å²) in [6.07, 6.45) is 0. The highest BCUT2D eigenvalue weighted by molar-refractivity contribution is 5.59. The lowest BCUT2D eigenvalue weighted by molar-refractivity contribution is -0.389. The van der Waals surface area contributed by atoms with Crippen molar-refractivity contribution in [2.75, 3.05) is 0 Å². The maximum atomic E-state index is 11.3. The van der Waals surface area contributed by atoms with Crippen molar-refractivity contribution in [3.05, 3.63) is 62.8 Å². The van der Waals surface area contributed by atoms with Gasteiger partial charge >= 0.3 is 5.82 Å². The Balaban J connectivity index is 2.58. The molecule has 0 aliphatic carbocycles. The fraction of sp³-hybridized carbons (Fsp3) is 0. The van der Waals surface area contributed by atoms with Gasteiger partial charge in [-0.25, -0.2) is 4.98 Å². The number of nitrogens with one attached hydrogen (secondary N) is 1. The molecule has 1 heterocycles. The van der Waals surface area contributed by atoms with E-state index in [1.165, 1.54) is 6.07 Å². The Kier molecular flexibility index (Phi) is 2.51. The van der Waals surface area contributed by atoms with Gasteiger partial charge in [0.1, 0.15) is 5.69 Å². The molecule has 5 heteroatoms. The molecule has 5 nitrogen and oxygen atoms in total. The molecule has 1 aromatic heterocycles. The summed E-state index contributed by atoms with van der Waals surface area (Å²) in [5.74, 6) is -0.300. The third-order valence-corrected chi connectivity index (χ3v) is 2.11. The van der Waals surface area contributed by atoms with Crippen molar-refractivity contribution in [3.63, 3.8) is 0 Å². The van der Waals surface area contributed by atoms with Gasteiger partial charge in [0.05, 0.1) is 6.07 Å². The van der Waals surface area contributed by atoms with Crippen molar-refractivity contribution in [1.29, 1.82) is 0 Å². The summed E-state index contributed by atoms with van der Waals surface area (Å²) in [7, 11) is 0. The molecule has 0 fully saturated rings. The number of pyridine rings is 1. The van der Waals surface area contributed by atoms with E-state index in [0.29, 0.717) is 5.69 Å². The SMILES string of the molecule is O=c1cc(-c2ccccc2)[nH]c([N+](=O)[O-])c1. The third-order valence-electron chi connectivity index (χ3n) is 2.11. The van der Waals surface area contributed by atoms with Gasteiger partial charge in [0, 0.05) is 11.6 Å². The minimum atomic E-state index is -0.617. The number of aromatic nitrogens is 1. The molecule has 80 valence electrons. The molecule has 1 aromatic carbocycles. The fourth-order valence-electron chi connectivity index (χ4n) is 1.40. The average Bonchev–Trinajstić information content (AvgIpc) is 2.29. The number of H-pyrrole nitrogens is 1. The van der Waals surface area contributed by atoms with Crippen LogP contribution in [0.5, 0.6) is 0 Å². The van der Waals surface area contributed by atoms with Gasteiger partial charge in [-0.1, -0.05) is 30.3 Å². The zero-order chi connectivity index (χ0) is 11.5. The molecule has 0 spiro atoms. The molecule has 0 atom stereocenters. The van der Waals surface area contributed by atoms with Gasteiger partial charge in [0.15, 0.2) is 5.43 Å². The summed E-state index contributed by atoms with van der Waals surface area (Å²) in [6.45, 7) is 0. The Labute approximate surface area is 90.5 Å². The van der Waals surface area contributed by atoms with Gasteiger partial charge < -0.3 is 10.1 Å². The second-order valence-corrected chi connectivity index (χ2v) is 3.24. The van der Waals surface area contributed by atoms with Gasteiger partial charge in [-0.3, -0.25) is 4.79 Å². The number of nitrogens with zero attached hydrogens (tertiary/aromatic N) is 1. The van der Waals surface area contributed by atoms with Crippen molar-refractivity contribution >= 4 is 5.82 Å². The number of rotatable bonds is 2. The van der Waals surface area contributed by atoms with E-state index in [2.05, 4.69) is 4.98 Å². The molecular formula is C11H8N2O3. The van der Waals surface area contributed by atoms with Gasteiger partial charge in [-0.2, -0.15) is 0 Å². The van der Waals surface area contributed by atoms with Crippen molar-refractivity contribution in [3.8, 4) is 11.3 Å². The largest absolute Gasteiger partial charge is 0.358 e. The molecule has 0 aliphatic rings. The molecule has 0 saturated heterocycles. The van der Waals surface area contributed by atoms with E-state index < -0.39 is 4.92 Å². The topological polar surface area (TPSA) is 76.0 Å². The van der Waals surface area contributed by atoms with E-state index in [4.69, 9.17) is 0 Å². The maximum Gasteiger partial charge on any atom is 0.325 e. The molecule has 0 bridgehead atoms. The summed E-state index contributed by atoms with van der Waals surface area (Å²) < 4.78 is 0. The summed E-state index contributed by atoms with van der Waals surface area (Å²) in [4.78, 5) is 23.8. The van der Waals surface area contributed by atoms with E-state index in [1.807, 2.05) is 6.07 Å². The van der Waals surface area contributed by atoms with Gasteiger partial charge in [0.2, 0.25) is 0 Å². The summed E-state index contributed by atoms with van der Waals surface area (Å²) in [5.41, 5.74) is 0.799. The zero-order valence-electron chi connectivity index (χ0n) is 8.21.